The Balaban J connectivity index is 1.68. The summed E-state index contributed by atoms with van der Waals surface area (Å²) in [5, 5.41) is 4.69. The van der Waals surface area contributed by atoms with Crippen molar-refractivity contribution in [1.29, 1.82) is 0 Å². The van der Waals surface area contributed by atoms with E-state index < -0.39 is 0 Å². The van der Waals surface area contributed by atoms with E-state index in [4.69, 9.17) is 9.26 Å². The summed E-state index contributed by atoms with van der Waals surface area (Å²) in [5.41, 5.74) is 1.62. The summed E-state index contributed by atoms with van der Waals surface area (Å²) >= 11 is 1.53. The first-order chi connectivity index (χ1) is 13.1. The van der Waals surface area contributed by atoms with E-state index in [-0.39, 0.29) is 12.1 Å². The Morgan fingerprint density at radius 2 is 2.07 bits per heavy atom. The van der Waals surface area contributed by atoms with Crippen LogP contribution in [0.4, 0.5) is 0 Å². The molecule has 27 heavy (non-hydrogen) atoms. The van der Waals surface area contributed by atoms with Gasteiger partial charge in [0.2, 0.25) is 11.7 Å². The fourth-order valence-electron chi connectivity index (χ4n) is 2.89. The minimum absolute atomic E-state index is 0.101. The van der Waals surface area contributed by atoms with E-state index in [0.717, 1.165) is 20.8 Å². The Morgan fingerprint density at radius 3 is 2.89 bits per heavy atom. The van der Waals surface area contributed by atoms with Crippen LogP contribution in [0.2, 0.25) is 0 Å². The second-order valence-electron chi connectivity index (χ2n) is 6.08. The molecule has 3 aromatic heterocycles. The molecule has 8 heteroatoms. The van der Waals surface area contributed by atoms with E-state index in [2.05, 4.69) is 15.1 Å². The number of thiophene rings is 1. The van der Waals surface area contributed by atoms with Gasteiger partial charge in [0.05, 0.1) is 23.9 Å². The highest BCUT2D eigenvalue weighted by atomic mass is 32.1. The number of benzene rings is 1. The first-order valence-corrected chi connectivity index (χ1v) is 9.40. The van der Waals surface area contributed by atoms with Gasteiger partial charge in [0.25, 0.3) is 5.56 Å². The molecule has 138 valence electrons. The molecule has 3 heterocycles. The van der Waals surface area contributed by atoms with Crippen molar-refractivity contribution < 1.29 is 9.26 Å². The van der Waals surface area contributed by atoms with Gasteiger partial charge >= 0.3 is 0 Å². The van der Waals surface area contributed by atoms with Gasteiger partial charge in [0.1, 0.15) is 17.1 Å². The molecule has 1 aromatic carbocycles. The Morgan fingerprint density at radius 1 is 1.26 bits per heavy atom. The average Bonchev–Trinajstić information content (AvgIpc) is 3.23. The van der Waals surface area contributed by atoms with Gasteiger partial charge in [0.15, 0.2) is 0 Å². The lowest BCUT2D eigenvalue weighted by atomic mass is 10.2. The van der Waals surface area contributed by atoms with Gasteiger partial charge in [0, 0.05) is 4.88 Å². The van der Waals surface area contributed by atoms with Crippen LogP contribution < -0.4 is 10.3 Å². The summed E-state index contributed by atoms with van der Waals surface area (Å²) in [7, 11) is 0. The highest BCUT2D eigenvalue weighted by Gasteiger charge is 2.16. The first-order valence-electron chi connectivity index (χ1n) is 8.58. The summed E-state index contributed by atoms with van der Waals surface area (Å²) in [6, 6.07) is 7.51. The molecule has 0 bridgehead atoms. The molecule has 0 radical (unpaired) electrons. The van der Waals surface area contributed by atoms with Crippen LogP contribution in [0.5, 0.6) is 5.75 Å². The number of aromatic nitrogens is 4. The minimum Gasteiger partial charge on any atom is -0.493 e. The molecule has 0 atom stereocenters. The van der Waals surface area contributed by atoms with Crippen molar-refractivity contribution in [2.24, 2.45) is 0 Å². The van der Waals surface area contributed by atoms with Crippen LogP contribution in [-0.4, -0.2) is 26.3 Å². The number of ether oxygens (including phenoxy) is 1. The van der Waals surface area contributed by atoms with Gasteiger partial charge in [-0.2, -0.15) is 4.98 Å². The average molecular weight is 382 g/mol. The quantitative estimate of drug-likeness (QED) is 0.525. The van der Waals surface area contributed by atoms with Gasteiger partial charge in [-0.3, -0.25) is 9.36 Å². The number of para-hydroxylation sites is 1. The van der Waals surface area contributed by atoms with E-state index in [0.29, 0.717) is 29.5 Å². The standard InChI is InChI=1S/C19H18N4O3S/c1-4-25-14-8-6-5-7-13(14)17-21-15(26-22-17)9-23-10-20-18-16(19(23)24)11(2)12(3)27-18/h5-8,10H,4,9H2,1-3H3. The predicted molar refractivity (Wildman–Crippen MR) is 103 cm³/mol. The highest BCUT2D eigenvalue weighted by Crippen LogP contribution is 2.28. The molecular weight excluding hydrogens is 364 g/mol. The Kier molecular flexibility index (Phi) is 4.49. The molecule has 0 saturated carbocycles. The van der Waals surface area contributed by atoms with Crippen molar-refractivity contribution in [1.82, 2.24) is 19.7 Å². The van der Waals surface area contributed by atoms with Gasteiger partial charge < -0.3 is 9.26 Å². The predicted octanol–water partition coefficient (Wildman–Crippen LogP) is 3.57. The second-order valence-corrected chi connectivity index (χ2v) is 7.29. The summed E-state index contributed by atoms with van der Waals surface area (Å²) in [6.45, 7) is 6.56. The molecule has 0 spiro atoms. The zero-order chi connectivity index (χ0) is 19.0. The molecule has 0 amide bonds. The third kappa shape index (κ3) is 3.12. The number of fused-ring (bicyclic) bond motifs is 1. The molecular formula is C19H18N4O3S. The molecule has 0 aliphatic rings. The molecule has 0 saturated heterocycles. The molecule has 0 N–H and O–H groups in total. The SMILES string of the molecule is CCOc1ccccc1-c1noc(Cn2cnc3sc(C)c(C)c3c2=O)n1. The largest absolute Gasteiger partial charge is 0.493 e. The fourth-order valence-corrected chi connectivity index (χ4v) is 3.88. The molecule has 0 aliphatic carbocycles. The van der Waals surface area contributed by atoms with E-state index in [1.807, 2.05) is 45.0 Å². The molecule has 4 rings (SSSR count). The first kappa shape index (κ1) is 17.4. The maximum Gasteiger partial charge on any atom is 0.262 e. The molecule has 0 fully saturated rings. The summed E-state index contributed by atoms with van der Waals surface area (Å²) in [4.78, 5) is 23.5. The van der Waals surface area contributed by atoms with Crippen molar-refractivity contribution >= 4 is 21.6 Å². The molecule has 7 nitrogen and oxygen atoms in total. The van der Waals surface area contributed by atoms with Crippen LogP contribution in [0.15, 0.2) is 39.9 Å². The number of hydrogen-bond donors (Lipinski definition) is 0. The Labute approximate surface area is 159 Å². The van der Waals surface area contributed by atoms with Crippen LogP contribution in [0.3, 0.4) is 0 Å². The minimum atomic E-state index is -0.101. The third-order valence-corrected chi connectivity index (χ3v) is 5.47. The van der Waals surface area contributed by atoms with Crippen LogP contribution in [-0.2, 0) is 6.54 Å². The lowest BCUT2D eigenvalue weighted by Gasteiger charge is -2.06. The Hall–Kier alpha value is -3.00. The van der Waals surface area contributed by atoms with Crippen molar-refractivity contribution in [2.75, 3.05) is 6.61 Å². The number of hydrogen-bond acceptors (Lipinski definition) is 7. The highest BCUT2D eigenvalue weighted by molar-refractivity contribution is 7.18. The maximum atomic E-state index is 12.8. The summed E-state index contributed by atoms with van der Waals surface area (Å²) < 4.78 is 12.5. The van der Waals surface area contributed by atoms with Crippen LogP contribution in [0.25, 0.3) is 21.6 Å². The van der Waals surface area contributed by atoms with Crippen LogP contribution in [0, 0.1) is 13.8 Å². The maximum absolute atomic E-state index is 12.8. The van der Waals surface area contributed by atoms with Gasteiger partial charge in [-0.05, 0) is 38.5 Å². The van der Waals surface area contributed by atoms with Crippen LogP contribution >= 0.6 is 11.3 Å². The second kappa shape index (κ2) is 6.96. The lowest BCUT2D eigenvalue weighted by Crippen LogP contribution is -2.21. The number of rotatable bonds is 5. The zero-order valence-electron chi connectivity index (χ0n) is 15.2. The Bertz CT molecular complexity index is 1180. The lowest BCUT2D eigenvalue weighted by molar-refractivity contribution is 0.340. The number of nitrogens with zero attached hydrogens (tertiary/aromatic N) is 4. The van der Waals surface area contributed by atoms with Crippen LogP contribution in [0.1, 0.15) is 23.3 Å². The smallest absolute Gasteiger partial charge is 0.262 e. The van der Waals surface area contributed by atoms with Crippen molar-refractivity contribution in [2.45, 2.75) is 27.3 Å². The van der Waals surface area contributed by atoms with Crippen molar-refractivity contribution in [3.05, 3.63) is 57.3 Å². The van der Waals surface area contributed by atoms with E-state index in [9.17, 15) is 4.79 Å². The van der Waals surface area contributed by atoms with Crippen molar-refractivity contribution in [3.8, 4) is 17.1 Å². The summed E-state index contributed by atoms with van der Waals surface area (Å²) in [6.07, 6.45) is 1.53. The monoisotopic (exact) mass is 382 g/mol. The third-order valence-electron chi connectivity index (χ3n) is 4.36. The molecule has 0 aliphatic heterocycles. The summed E-state index contributed by atoms with van der Waals surface area (Å²) in [5.74, 6) is 1.46. The topological polar surface area (TPSA) is 83.0 Å². The van der Waals surface area contributed by atoms with Gasteiger partial charge in [-0.1, -0.05) is 17.3 Å². The van der Waals surface area contributed by atoms with E-state index in [1.54, 1.807) is 0 Å². The fraction of sp³-hybridized carbons (Fsp3) is 0.263. The number of aryl methyl sites for hydroxylation is 2. The van der Waals surface area contributed by atoms with Gasteiger partial charge in [-0.15, -0.1) is 11.3 Å². The van der Waals surface area contributed by atoms with E-state index >= 15 is 0 Å². The zero-order valence-corrected chi connectivity index (χ0v) is 16.0. The normalized spacial score (nSPS) is 11.2. The van der Waals surface area contributed by atoms with E-state index in [1.165, 1.54) is 22.2 Å². The van der Waals surface area contributed by atoms with Gasteiger partial charge in [-0.25, -0.2) is 4.98 Å². The molecule has 4 aromatic rings. The van der Waals surface area contributed by atoms with Crippen molar-refractivity contribution in [3.63, 3.8) is 0 Å². The molecule has 0 unspecified atom stereocenters.